The van der Waals surface area contributed by atoms with Gasteiger partial charge >= 0.3 is 0 Å². The molecule has 1 unspecified atom stereocenters. The van der Waals surface area contributed by atoms with Crippen molar-refractivity contribution in [2.24, 2.45) is 0 Å². The second-order valence-corrected chi connectivity index (χ2v) is 5.32. The highest BCUT2D eigenvalue weighted by Gasteiger charge is 2.25. The molecule has 1 fully saturated rings. The molecule has 1 atom stereocenters. The van der Waals surface area contributed by atoms with Gasteiger partial charge in [-0.2, -0.15) is 0 Å². The number of carbonyl (C=O) groups excluding carboxylic acids is 1. The van der Waals surface area contributed by atoms with Gasteiger partial charge in [-0.15, -0.1) is 11.6 Å². The standard InChI is InChI=1S/C15H14ClNO/c16-14-7-8-17(10-14)15(18)13-6-5-11-3-1-2-4-12(11)9-13/h1-6,9,14H,7-8,10H2. The summed E-state index contributed by atoms with van der Waals surface area (Å²) in [7, 11) is 0. The van der Waals surface area contributed by atoms with Gasteiger partial charge in [0.2, 0.25) is 0 Å². The summed E-state index contributed by atoms with van der Waals surface area (Å²) in [6.45, 7) is 1.42. The molecule has 3 heteroatoms. The highest BCUT2D eigenvalue weighted by Crippen LogP contribution is 2.20. The van der Waals surface area contributed by atoms with E-state index >= 15 is 0 Å². The Morgan fingerprint density at radius 3 is 2.67 bits per heavy atom. The summed E-state index contributed by atoms with van der Waals surface area (Å²) >= 11 is 6.04. The summed E-state index contributed by atoms with van der Waals surface area (Å²) in [5.41, 5.74) is 0.750. The van der Waals surface area contributed by atoms with E-state index in [4.69, 9.17) is 11.6 Å². The number of fused-ring (bicyclic) bond motifs is 1. The highest BCUT2D eigenvalue weighted by atomic mass is 35.5. The summed E-state index contributed by atoms with van der Waals surface area (Å²) < 4.78 is 0. The van der Waals surface area contributed by atoms with Crippen LogP contribution in [0.15, 0.2) is 42.5 Å². The zero-order chi connectivity index (χ0) is 12.5. The molecule has 0 radical (unpaired) electrons. The Balaban J connectivity index is 1.92. The molecular weight excluding hydrogens is 246 g/mol. The third-order valence-electron chi connectivity index (χ3n) is 3.41. The second kappa shape index (κ2) is 4.62. The maximum absolute atomic E-state index is 12.3. The predicted molar refractivity (Wildman–Crippen MR) is 74.1 cm³/mol. The first-order valence-electron chi connectivity index (χ1n) is 6.16. The van der Waals surface area contributed by atoms with Crippen LogP contribution in [0.1, 0.15) is 16.8 Å². The van der Waals surface area contributed by atoms with Crippen LogP contribution in [-0.4, -0.2) is 29.3 Å². The smallest absolute Gasteiger partial charge is 0.253 e. The molecule has 1 saturated heterocycles. The minimum absolute atomic E-state index is 0.0869. The molecule has 2 aromatic carbocycles. The molecule has 1 amide bonds. The fourth-order valence-corrected chi connectivity index (χ4v) is 2.67. The van der Waals surface area contributed by atoms with E-state index in [-0.39, 0.29) is 11.3 Å². The van der Waals surface area contributed by atoms with Crippen LogP contribution in [0.2, 0.25) is 0 Å². The van der Waals surface area contributed by atoms with Gasteiger partial charge < -0.3 is 4.90 Å². The van der Waals surface area contributed by atoms with Gasteiger partial charge in [0.25, 0.3) is 5.91 Å². The zero-order valence-electron chi connectivity index (χ0n) is 9.97. The molecule has 0 saturated carbocycles. The average Bonchev–Trinajstić information content (AvgIpc) is 2.84. The molecule has 3 rings (SSSR count). The lowest BCUT2D eigenvalue weighted by Gasteiger charge is -2.15. The van der Waals surface area contributed by atoms with Crippen LogP contribution in [0.3, 0.4) is 0 Å². The number of amides is 1. The van der Waals surface area contributed by atoms with E-state index in [0.29, 0.717) is 6.54 Å². The van der Waals surface area contributed by atoms with Gasteiger partial charge in [-0.25, -0.2) is 0 Å². The van der Waals surface area contributed by atoms with Gasteiger partial charge in [-0.05, 0) is 29.3 Å². The number of benzene rings is 2. The minimum Gasteiger partial charge on any atom is -0.337 e. The third-order valence-corrected chi connectivity index (χ3v) is 3.77. The van der Waals surface area contributed by atoms with Crippen LogP contribution < -0.4 is 0 Å². The van der Waals surface area contributed by atoms with Crippen molar-refractivity contribution < 1.29 is 4.79 Å². The zero-order valence-corrected chi connectivity index (χ0v) is 10.7. The van der Waals surface area contributed by atoms with E-state index in [9.17, 15) is 4.79 Å². The number of hydrogen-bond donors (Lipinski definition) is 0. The van der Waals surface area contributed by atoms with Crippen molar-refractivity contribution in [3.05, 3.63) is 48.0 Å². The molecule has 1 aliphatic rings. The maximum atomic E-state index is 12.3. The lowest BCUT2D eigenvalue weighted by Crippen LogP contribution is -2.28. The van der Waals surface area contributed by atoms with Crippen molar-refractivity contribution in [3.63, 3.8) is 0 Å². The molecule has 2 aromatic rings. The van der Waals surface area contributed by atoms with E-state index < -0.39 is 0 Å². The van der Waals surface area contributed by atoms with Crippen LogP contribution in [0.4, 0.5) is 0 Å². The summed E-state index contributed by atoms with van der Waals surface area (Å²) in [6.07, 6.45) is 0.890. The molecule has 18 heavy (non-hydrogen) atoms. The highest BCUT2D eigenvalue weighted by molar-refractivity contribution is 6.21. The van der Waals surface area contributed by atoms with Gasteiger partial charge in [-0.3, -0.25) is 4.79 Å². The van der Waals surface area contributed by atoms with Crippen molar-refractivity contribution in [1.82, 2.24) is 4.90 Å². The van der Waals surface area contributed by atoms with E-state index in [2.05, 4.69) is 0 Å². The number of rotatable bonds is 1. The molecule has 1 heterocycles. The maximum Gasteiger partial charge on any atom is 0.253 e. The topological polar surface area (TPSA) is 20.3 Å². The Hall–Kier alpha value is -1.54. The largest absolute Gasteiger partial charge is 0.337 e. The van der Waals surface area contributed by atoms with Gasteiger partial charge in [0.05, 0.1) is 5.38 Å². The fraction of sp³-hybridized carbons (Fsp3) is 0.267. The van der Waals surface area contributed by atoms with Crippen molar-refractivity contribution in [1.29, 1.82) is 0 Å². The molecule has 0 aliphatic carbocycles. The number of nitrogens with zero attached hydrogens (tertiary/aromatic N) is 1. The van der Waals surface area contributed by atoms with Crippen molar-refractivity contribution in [2.45, 2.75) is 11.8 Å². The van der Waals surface area contributed by atoms with Crippen LogP contribution >= 0.6 is 11.6 Å². The van der Waals surface area contributed by atoms with Crippen LogP contribution in [0.25, 0.3) is 10.8 Å². The molecule has 0 spiro atoms. The van der Waals surface area contributed by atoms with E-state index in [1.807, 2.05) is 47.4 Å². The van der Waals surface area contributed by atoms with Gasteiger partial charge in [0, 0.05) is 18.7 Å². The molecule has 92 valence electrons. The molecule has 1 aliphatic heterocycles. The van der Waals surface area contributed by atoms with Crippen LogP contribution in [0.5, 0.6) is 0 Å². The monoisotopic (exact) mass is 259 g/mol. The normalized spacial score (nSPS) is 19.4. The fourth-order valence-electron chi connectivity index (χ4n) is 2.41. The SMILES string of the molecule is O=C(c1ccc2ccccc2c1)N1CCC(Cl)C1. The number of halogens is 1. The predicted octanol–water partition coefficient (Wildman–Crippen LogP) is 3.29. The first-order valence-corrected chi connectivity index (χ1v) is 6.60. The first kappa shape index (κ1) is 11.5. The molecular formula is C15H14ClNO. The number of hydrogen-bond acceptors (Lipinski definition) is 1. The molecule has 2 nitrogen and oxygen atoms in total. The number of alkyl halides is 1. The van der Waals surface area contributed by atoms with E-state index in [1.54, 1.807) is 0 Å². The molecule has 0 N–H and O–H groups in total. The first-order chi connectivity index (χ1) is 8.74. The lowest BCUT2D eigenvalue weighted by atomic mass is 10.1. The Labute approximate surface area is 111 Å². The minimum atomic E-state index is 0.0869. The number of likely N-dealkylation sites (tertiary alicyclic amines) is 1. The van der Waals surface area contributed by atoms with Crippen molar-refractivity contribution in [2.75, 3.05) is 13.1 Å². The molecule has 0 bridgehead atoms. The Bertz CT molecular complexity index is 596. The summed E-state index contributed by atoms with van der Waals surface area (Å²) in [5.74, 6) is 0.0869. The van der Waals surface area contributed by atoms with Crippen molar-refractivity contribution >= 4 is 28.3 Å². The quantitative estimate of drug-likeness (QED) is 0.720. The third kappa shape index (κ3) is 2.08. The second-order valence-electron chi connectivity index (χ2n) is 4.70. The van der Waals surface area contributed by atoms with Gasteiger partial charge in [0.15, 0.2) is 0 Å². The average molecular weight is 260 g/mol. The summed E-state index contributed by atoms with van der Waals surface area (Å²) in [5, 5.41) is 2.37. The molecule has 0 aromatic heterocycles. The van der Waals surface area contributed by atoms with E-state index in [0.717, 1.165) is 29.3 Å². The van der Waals surface area contributed by atoms with Crippen molar-refractivity contribution in [3.8, 4) is 0 Å². The Kier molecular flexibility index (Phi) is 2.96. The number of carbonyl (C=O) groups is 1. The Morgan fingerprint density at radius 2 is 1.94 bits per heavy atom. The van der Waals surface area contributed by atoms with E-state index in [1.165, 1.54) is 0 Å². The Morgan fingerprint density at radius 1 is 1.17 bits per heavy atom. The summed E-state index contributed by atoms with van der Waals surface area (Å²) in [4.78, 5) is 14.1. The summed E-state index contributed by atoms with van der Waals surface area (Å²) in [6, 6.07) is 13.9. The lowest BCUT2D eigenvalue weighted by molar-refractivity contribution is 0.0793. The van der Waals surface area contributed by atoms with Crippen LogP contribution in [-0.2, 0) is 0 Å². The van der Waals surface area contributed by atoms with Gasteiger partial charge in [-0.1, -0.05) is 30.3 Å². The van der Waals surface area contributed by atoms with Crippen LogP contribution in [0, 0.1) is 0 Å². The van der Waals surface area contributed by atoms with Gasteiger partial charge in [0.1, 0.15) is 0 Å².